The summed E-state index contributed by atoms with van der Waals surface area (Å²) in [5.74, 6) is 1.51. The van der Waals surface area contributed by atoms with Gasteiger partial charge in [0.2, 0.25) is 10.0 Å². The summed E-state index contributed by atoms with van der Waals surface area (Å²) >= 11 is 0. The van der Waals surface area contributed by atoms with Gasteiger partial charge in [0.15, 0.2) is 0 Å². The summed E-state index contributed by atoms with van der Waals surface area (Å²) in [4.78, 5) is 2.08. The summed E-state index contributed by atoms with van der Waals surface area (Å²) in [5.41, 5.74) is 1.86. The molecule has 7 heteroatoms. The molecule has 1 fully saturated rings. The van der Waals surface area contributed by atoms with Gasteiger partial charge in [-0.1, -0.05) is 38.1 Å². The molecule has 0 N–H and O–H groups in total. The molecule has 0 aliphatic carbocycles. The van der Waals surface area contributed by atoms with Crippen LogP contribution in [0.3, 0.4) is 0 Å². The van der Waals surface area contributed by atoms with E-state index in [4.69, 9.17) is 9.47 Å². The quantitative estimate of drug-likeness (QED) is 0.573. The number of hydrogen-bond acceptors (Lipinski definition) is 5. The maximum atomic E-state index is 13.8. The summed E-state index contributed by atoms with van der Waals surface area (Å²) < 4.78 is 39.7. The third-order valence-corrected chi connectivity index (χ3v) is 7.95. The number of benzene rings is 2. The number of hydrogen-bond donors (Lipinski definition) is 0. The molecule has 0 amide bonds. The molecule has 1 atom stereocenters. The van der Waals surface area contributed by atoms with Crippen LogP contribution in [0.4, 0.5) is 0 Å². The molecule has 1 heterocycles. The van der Waals surface area contributed by atoms with E-state index in [-0.39, 0.29) is 5.92 Å². The second-order valence-electron chi connectivity index (χ2n) is 8.03. The molecular formula is C23H32N2O4S. The lowest BCUT2D eigenvalue weighted by molar-refractivity contribution is 0.128. The molecule has 30 heavy (non-hydrogen) atoms. The molecule has 0 aromatic heterocycles. The van der Waals surface area contributed by atoms with Crippen LogP contribution in [0.2, 0.25) is 0 Å². The average Bonchev–Trinajstić information content (AvgIpc) is 2.70. The van der Waals surface area contributed by atoms with Gasteiger partial charge in [0.1, 0.15) is 16.9 Å². The van der Waals surface area contributed by atoms with Gasteiger partial charge < -0.3 is 9.47 Å². The molecule has 1 saturated heterocycles. The van der Waals surface area contributed by atoms with Crippen LogP contribution in [-0.2, 0) is 23.1 Å². The first-order valence-corrected chi connectivity index (χ1v) is 11.8. The minimum absolute atomic E-state index is 0.00420. The number of sulfonamides is 1. The predicted molar refractivity (Wildman–Crippen MR) is 119 cm³/mol. The predicted octanol–water partition coefficient (Wildman–Crippen LogP) is 3.72. The number of methoxy groups -OCH3 is 2. The van der Waals surface area contributed by atoms with Gasteiger partial charge in [-0.15, -0.1) is 0 Å². The molecule has 2 aromatic rings. The number of rotatable bonds is 10. The minimum Gasteiger partial charge on any atom is -0.497 e. The Kier molecular flexibility index (Phi) is 7.39. The highest BCUT2D eigenvalue weighted by Crippen LogP contribution is 2.28. The van der Waals surface area contributed by atoms with Crippen molar-refractivity contribution in [3.8, 4) is 11.5 Å². The SMILES string of the molecule is COc1ccc(CN(Cc2ccc(OC)cc2)S(=O)(=O)C(C(C)C)N2CCC2)cc1. The zero-order valence-corrected chi connectivity index (χ0v) is 19.1. The van der Waals surface area contributed by atoms with Crippen molar-refractivity contribution >= 4 is 10.0 Å². The summed E-state index contributed by atoms with van der Waals surface area (Å²) in [6, 6.07) is 15.1. The number of nitrogens with zero attached hydrogens (tertiary/aromatic N) is 2. The lowest BCUT2D eigenvalue weighted by atomic mass is 10.1. The van der Waals surface area contributed by atoms with Crippen molar-refractivity contribution < 1.29 is 17.9 Å². The Hall–Kier alpha value is -2.09. The van der Waals surface area contributed by atoms with E-state index in [1.165, 1.54) is 0 Å². The molecule has 0 radical (unpaired) electrons. The minimum atomic E-state index is -3.55. The highest BCUT2D eigenvalue weighted by Gasteiger charge is 2.40. The molecule has 164 valence electrons. The zero-order chi connectivity index (χ0) is 21.7. The van der Waals surface area contributed by atoms with Gasteiger partial charge in [0, 0.05) is 26.2 Å². The highest BCUT2D eigenvalue weighted by molar-refractivity contribution is 7.89. The first kappa shape index (κ1) is 22.6. The van der Waals surface area contributed by atoms with Crippen molar-refractivity contribution in [2.24, 2.45) is 5.92 Å². The lowest BCUT2D eigenvalue weighted by Gasteiger charge is -2.42. The number of ether oxygens (including phenoxy) is 2. The van der Waals surface area contributed by atoms with Crippen LogP contribution in [0, 0.1) is 5.92 Å². The largest absolute Gasteiger partial charge is 0.497 e. The second-order valence-corrected chi connectivity index (χ2v) is 10.1. The van der Waals surface area contributed by atoms with E-state index in [0.29, 0.717) is 13.1 Å². The first-order valence-electron chi connectivity index (χ1n) is 10.3. The van der Waals surface area contributed by atoms with Gasteiger partial charge >= 0.3 is 0 Å². The van der Waals surface area contributed by atoms with E-state index in [1.807, 2.05) is 62.4 Å². The van der Waals surface area contributed by atoms with E-state index >= 15 is 0 Å². The normalized spacial score (nSPS) is 15.8. The third-order valence-electron chi connectivity index (χ3n) is 5.52. The summed E-state index contributed by atoms with van der Waals surface area (Å²) in [7, 11) is -0.312. The lowest BCUT2D eigenvalue weighted by Crippen LogP contribution is -2.55. The highest BCUT2D eigenvalue weighted by atomic mass is 32.2. The van der Waals surface area contributed by atoms with E-state index < -0.39 is 15.4 Å². The van der Waals surface area contributed by atoms with E-state index in [1.54, 1.807) is 18.5 Å². The van der Waals surface area contributed by atoms with Crippen molar-refractivity contribution in [1.82, 2.24) is 9.21 Å². The fourth-order valence-electron chi connectivity index (χ4n) is 3.81. The van der Waals surface area contributed by atoms with Crippen LogP contribution in [0.15, 0.2) is 48.5 Å². The molecule has 1 aliphatic rings. The van der Waals surface area contributed by atoms with Gasteiger partial charge in [-0.05, 0) is 47.7 Å². The molecular weight excluding hydrogens is 400 g/mol. The van der Waals surface area contributed by atoms with Gasteiger partial charge in [-0.3, -0.25) is 4.90 Å². The van der Waals surface area contributed by atoms with Crippen LogP contribution in [-0.4, -0.2) is 50.3 Å². The molecule has 0 saturated carbocycles. The zero-order valence-electron chi connectivity index (χ0n) is 18.2. The average molecular weight is 433 g/mol. The molecule has 0 spiro atoms. The summed E-state index contributed by atoms with van der Waals surface area (Å²) in [6.45, 7) is 6.27. The molecule has 1 unspecified atom stereocenters. The molecule has 2 aromatic carbocycles. The maximum Gasteiger partial charge on any atom is 0.231 e. The Bertz CT molecular complexity index is 858. The topological polar surface area (TPSA) is 59.1 Å². The fourth-order valence-corrected chi connectivity index (χ4v) is 6.05. The monoisotopic (exact) mass is 432 g/mol. The fraction of sp³-hybridized carbons (Fsp3) is 0.478. The van der Waals surface area contributed by atoms with Crippen molar-refractivity contribution in [3.63, 3.8) is 0 Å². The van der Waals surface area contributed by atoms with E-state index in [9.17, 15) is 8.42 Å². The van der Waals surface area contributed by atoms with Crippen LogP contribution in [0.1, 0.15) is 31.4 Å². The van der Waals surface area contributed by atoms with Crippen LogP contribution in [0.25, 0.3) is 0 Å². The molecule has 3 rings (SSSR count). The standard InChI is InChI=1S/C23H32N2O4S/c1-18(2)23(24-14-5-15-24)30(26,27)25(16-19-6-10-21(28-3)11-7-19)17-20-8-12-22(29-4)13-9-20/h6-13,18,23H,5,14-17H2,1-4H3. The molecule has 0 bridgehead atoms. The second kappa shape index (κ2) is 9.81. The van der Waals surface area contributed by atoms with Crippen LogP contribution in [0.5, 0.6) is 11.5 Å². The van der Waals surface area contributed by atoms with Crippen molar-refractivity contribution in [2.45, 2.75) is 38.7 Å². The van der Waals surface area contributed by atoms with Gasteiger partial charge in [0.05, 0.1) is 14.2 Å². The number of likely N-dealkylation sites (tertiary alicyclic amines) is 1. The van der Waals surface area contributed by atoms with E-state index in [2.05, 4.69) is 4.90 Å². The summed E-state index contributed by atoms with van der Waals surface area (Å²) in [6.07, 6.45) is 1.05. The Morgan fingerprint density at radius 3 is 1.60 bits per heavy atom. The first-order chi connectivity index (χ1) is 14.3. The van der Waals surface area contributed by atoms with E-state index in [0.717, 1.165) is 42.1 Å². The third kappa shape index (κ3) is 5.14. The molecule has 1 aliphatic heterocycles. The van der Waals surface area contributed by atoms with Crippen molar-refractivity contribution in [1.29, 1.82) is 0 Å². The Balaban J connectivity index is 1.91. The molecule has 6 nitrogen and oxygen atoms in total. The van der Waals surface area contributed by atoms with Crippen molar-refractivity contribution in [2.75, 3.05) is 27.3 Å². The summed E-state index contributed by atoms with van der Waals surface area (Å²) in [5, 5.41) is -0.511. The van der Waals surface area contributed by atoms with Gasteiger partial charge in [-0.25, -0.2) is 8.42 Å². The van der Waals surface area contributed by atoms with Crippen LogP contribution < -0.4 is 9.47 Å². The smallest absolute Gasteiger partial charge is 0.231 e. The van der Waals surface area contributed by atoms with Crippen LogP contribution >= 0.6 is 0 Å². The van der Waals surface area contributed by atoms with Gasteiger partial charge in [-0.2, -0.15) is 4.31 Å². The maximum absolute atomic E-state index is 13.8. The Morgan fingerprint density at radius 2 is 1.30 bits per heavy atom. The Morgan fingerprint density at radius 1 is 0.867 bits per heavy atom. The van der Waals surface area contributed by atoms with Crippen molar-refractivity contribution in [3.05, 3.63) is 59.7 Å². The van der Waals surface area contributed by atoms with Gasteiger partial charge in [0.25, 0.3) is 0 Å². The Labute approximate surface area is 180 Å².